The van der Waals surface area contributed by atoms with E-state index in [4.69, 9.17) is 5.14 Å². The molecular weight excluding hydrogens is 348 g/mol. The minimum atomic E-state index is -3.81. The molecule has 0 radical (unpaired) electrons. The average molecular weight is 366 g/mol. The monoisotopic (exact) mass is 366 g/mol. The lowest BCUT2D eigenvalue weighted by Crippen LogP contribution is -2.41. The Labute approximate surface area is 144 Å². The fourth-order valence-corrected chi connectivity index (χ4v) is 4.12. The number of likely N-dealkylation sites (tertiary alicyclic amines) is 1. The number of hydrogen-bond donors (Lipinski definition) is 2. The molecule has 2 amide bonds. The first-order valence-corrected chi connectivity index (χ1v) is 9.97. The van der Waals surface area contributed by atoms with Crippen molar-refractivity contribution in [2.24, 2.45) is 5.14 Å². The van der Waals surface area contributed by atoms with E-state index >= 15 is 0 Å². The smallest absolute Gasteiger partial charge is 0.315 e. The number of aromatic nitrogens is 1. The van der Waals surface area contributed by atoms with Crippen molar-refractivity contribution in [3.63, 3.8) is 0 Å². The second kappa shape index (κ2) is 6.88. The lowest BCUT2D eigenvalue weighted by Gasteiger charge is -2.34. The van der Waals surface area contributed by atoms with Crippen molar-refractivity contribution in [3.8, 4) is 0 Å². The number of carbonyl (C=O) groups excluding carboxylic acids is 1. The van der Waals surface area contributed by atoms with Crippen LogP contribution in [0.5, 0.6) is 0 Å². The number of sulfonamides is 1. The zero-order valence-electron chi connectivity index (χ0n) is 12.9. The molecule has 2 heterocycles. The number of benzene rings is 1. The van der Waals surface area contributed by atoms with Crippen molar-refractivity contribution in [2.45, 2.75) is 30.2 Å². The van der Waals surface area contributed by atoms with Crippen molar-refractivity contribution in [1.82, 2.24) is 9.88 Å². The summed E-state index contributed by atoms with van der Waals surface area (Å²) in [6.07, 6.45) is 4.60. The molecule has 1 aliphatic rings. The topological polar surface area (TPSA) is 105 Å². The van der Waals surface area contributed by atoms with E-state index in [1.807, 2.05) is 5.38 Å². The van der Waals surface area contributed by atoms with E-state index in [9.17, 15) is 13.2 Å². The summed E-state index contributed by atoms with van der Waals surface area (Å²) in [4.78, 5) is 18.7. The van der Waals surface area contributed by atoms with Gasteiger partial charge in [0.1, 0.15) is 5.01 Å². The molecule has 128 valence electrons. The van der Waals surface area contributed by atoms with Gasteiger partial charge in [0.05, 0.1) is 10.9 Å². The molecule has 0 spiro atoms. The van der Waals surface area contributed by atoms with Gasteiger partial charge in [0, 0.05) is 23.8 Å². The molecule has 0 aliphatic carbocycles. The van der Waals surface area contributed by atoms with Crippen LogP contribution in [0.2, 0.25) is 0 Å². The summed E-state index contributed by atoms with van der Waals surface area (Å²) >= 11 is 1.53. The number of anilines is 1. The Hall–Kier alpha value is -1.97. The number of piperidine rings is 1. The van der Waals surface area contributed by atoms with Crippen LogP contribution in [-0.4, -0.2) is 30.9 Å². The maximum absolute atomic E-state index is 12.6. The Morgan fingerprint density at radius 3 is 2.92 bits per heavy atom. The van der Waals surface area contributed by atoms with E-state index in [-0.39, 0.29) is 17.0 Å². The highest BCUT2D eigenvalue weighted by Crippen LogP contribution is 2.32. The fraction of sp³-hybridized carbons (Fsp3) is 0.333. The zero-order chi connectivity index (χ0) is 17.2. The number of carbonyl (C=O) groups is 1. The maximum Gasteiger partial charge on any atom is 0.322 e. The Kier molecular flexibility index (Phi) is 4.83. The Morgan fingerprint density at radius 2 is 2.21 bits per heavy atom. The zero-order valence-corrected chi connectivity index (χ0v) is 14.5. The summed E-state index contributed by atoms with van der Waals surface area (Å²) in [5.74, 6) is 0. The largest absolute Gasteiger partial charge is 0.322 e. The van der Waals surface area contributed by atoms with E-state index in [0.29, 0.717) is 12.2 Å². The van der Waals surface area contributed by atoms with Crippen LogP contribution in [0.15, 0.2) is 40.7 Å². The molecule has 9 heteroatoms. The minimum absolute atomic E-state index is 0.0320. The van der Waals surface area contributed by atoms with Crippen molar-refractivity contribution in [2.75, 3.05) is 11.9 Å². The molecule has 24 heavy (non-hydrogen) atoms. The lowest BCUT2D eigenvalue weighted by atomic mass is 10.0. The normalized spacial score (nSPS) is 18.4. The lowest BCUT2D eigenvalue weighted by molar-refractivity contribution is 0.163. The Balaban J connectivity index is 1.78. The molecule has 1 aliphatic heterocycles. The Bertz CT molecular complexity index is 821. The summed E-state index contributed by atoms with van der Waals surface area (Å²) in [6, 6.07) is 5.63. The van der Waals surface area contributed by atoms with Gasteiger partial charge in [0.2, 0.25) is 10.0 Å². The number of nitrogens with zero attached hydrogens (tertiary/aromatic N) is 2. The molecule has 2 aromatic rings. The fourth-order valence-electron chi connectivity index (χ4n) is 2.78. The van der Waals surface area contributed by atoms with Gasteiger partial charge in [-0.1, -0.05) is 6.07 Å². The second-order valence-corrected chi connectivity index (χ2v) is 8.07. The molecular formula is C15H18N4O3S2. The minimum Gasteiger partial charge on any atom is -0.315 e. The third kappa shape index (κ3) is 3.74. The van der Waals surface area contributed by atoms with E-state index < -0.39 is 10.0 Å². The molecule has 3 rings (SSSR count). The summed E-state index contributed by atoms with van der Waals surface area (Å²) in [5.41, 5.74) is 0.398. The van der Waals surface area contributed by atoms with Crippen molar-refractivity contribution < 1.29 is 13.2 Å². The van der Waals surface area contributed by atoms with Gasteiger partial charge in [-0.15, -0.1) is 11.3 Å². The number of rotatable bonds is 3. The van der Waals surface area contributed by atoms with Gasteiger partial charge in [0.25, 0.3) is 0 Å². The molecule has 0 unspecified atom stereocenters. The number of nitrogens with one attached hydrogen (secondary N) is 1. The van der Waals surface area contributed by atoms with E-state index in [1.165, 1.54) is 23.5 Å². The summed E-state index contributed by atoms with van der Waals surface area (Å²) < 4.78 is 22.9. The molecule has 3 N–H and O–H groups in total. The van der Waals surface area contributed by atoms with Gasteiger partial charge in [0.15, 0.2) is 0 Å². The predicted octanol–water partition coefficient (Wildman–Crippen LogP) is 2.55. The van der Waals surface area contributed by atoms with Crippen LogP contribution in [0.4, 0.5) is 10.5 Å². The highest BCUT2D eigenvalue weighted by molar-refractivity contribution is 7.89. The van der Waals surface area contributed by atoms with Gasteiger partial charge < -0.3 is 10.2 Å². The van der Waals surface area contributed by atoms with Crippen LogP contribution >= 0.6 is 11.3 Å². The molecule has 0 bridgehead atoms. The van der Waals surface area contributed by atoms with Crippen molar-refractivity contribution in [1.29, 1.82) is 0 Å². The molecule has 7 nitrogen and oxygen atoms in total. The number of primary sulfonamides is 1. The van der Waals surface area contributed by atoms with Crippen molar-refractivity contribution in [3.05, 3.63) is 40.8 Å². The van der Waals surface area contributed by atoms with Crippen LogP contribution in [-0.2, 0) is 10.0 Å². The van der Waals surface area contributed by atoms with Gasteiger partial charge in [-0.05, 0) is 37.5 Å². The predicted molar refractivity (Wildman–Crippen MR) is 92.2 cm³/mol. The highest BCUT2D eigenvalue weighted by Gasteiger charge is 2.29. The molecule has 1 atom stereocenters. The van der Waals surface area contributed by atoms with Crippen molar-refractivity contribution >= 4 is 33.1 Å². The highest BCUT2D eigenvalue weighted by atomic mass is 32.2. The SMILES string of the molecule is NS(=O)(=O)c1cccc(NC(=O)N2CCCC[C@@H]2c2nccs2)c1. The number of urea groups is 1. The molecule has 0 saturated carbocycles. The van der Waals surface area contributed by atoms with E-state index in [2.05, 4.69) is 10.3 Å². The molecule has 1 aromatic carbocycles. The maximum atomic E-state index is 12.6. The van der Waals surface area contributed by atoms with E-state index in [0.717, 1.165) is 24.3 Å². The van der Waals surface area contributed by atoms with Crippen LogP contribution < -0.4 is 10.5 Å². The number of thiazole rings is 1. The molecule has 1 aromatic heterocycles. The van der Waals surface area contributed by atoms with E-state index in [1.54, 1.807) is 23.2 Å². The molecule has 1 saturated heterocycles. The quantitative estimate of drug-likeness (QED) is 0.871. The first-order chi connectivity index (χ1) is 11.4. The standard InChI is InChI=1S/C15H18N4O3S2/c16-24(21,22)12-5-3-4-11(10-12)18-15(20)19-8-2-1-6-13(19)14-17-7-9-23-14/h3-5,7,9-10,13H,1-2,6,8H2,(H,18,20)(H2,16,21,22)/t13-/m1/s1. The summed E-state index contributed by atoms with van der Waals surface area (Å²) in [5, 5.41) is 10.7. The molecule has 1 fully saturated rings. The van der Waals surface area contributed by atoms with Crippen LogP contribution in [0.1, 0.15) is 30.3 Å². The third-order valence-corrected chi connectivity index (χ3v) is 5.70. The van der Waals surface area contributed by atoms with Crippen LogP contribution in [0, 0.1) is 0 Å². The number of amides is 2. The Morgan fingerprint density at radius 1 is 1.38 bits per heavy atom. The third-order valence-electron chi connectivity index (χ3n) is 3.91. The van der Waals surface area contributed by atoms with Crippen LogP contribution in [0.3, 0.4) is 0 Å². The summed E-state index contributed by atoms with van der Waals surface area (Å²) in [7, 11) is -3.81. The average Bonchev–Trinajstić information content (AvgIpc) is 3.08. The summed E-state index contributed by atoms with van der Waals surface area (Å²) in [6.45, 7) is 0.644. The number of nitrogens with two attached hydrogens (primary N) is 1. The first kappa shape index (κ1) is 16.9. The van der Waals surface area contributed by atoms with Gasteiger partial charge in [-0.3, -0.25) is 0 Å². The van der Waals surface area contributed by atoms with Gasteiger partial charge in [-0.25, -0.2) is 23.3 Å². The second-order valence-electron chi connectivity index (χ2n) is 5.58. The van der Waals surface area contributed by atoms with Gasteiger partial charge >= 0.3 is 6.03 Å². The van der Waals surface area contributed by atoms with Crippen LogP contribution in [0.25, 0.3) is 0 Å². The van der Waals surface area contributed by atoms with Gasteiger partial charge in [-0.2, -0.15) is 0 Å². The number of hydrogen-bond acceptors (Lipinski definition) is 5. The first-order valence-electron chi connectivity index (χ1n) is 7.55.